The van der Waals surface area contributed by atoms with E-state index in [0.29, 0.717) is 18.8 Å². The zero-order valence-electron chi connectivity index (χ0n) is 15.4. The van der Waals surface area contributed by atoms with Crippen molar-refractivity contribution in [1.82, 2.24) is 9.88 Å². The van der Waals surface area contributed by atoms with Crippen LogP contribution >= 0.6 is 0 Å². The fraction of sp³-hybridized carbons (Fsp3) is 0.350. The molecule has 0 saturated heterocycles. The maximum absolute atomic E-state index is 12.2. The lowest BCUT2D eigenvalue weighted by Crippen LogP contribution is -2.31. The smallest absolute Gasteiger partial charge is 0.226 e. The Morgan fingerprint density at radius 1 is 1.15 bits per heavy atom. The van der Waals surface area contributed by atoms with Crippen LogP contribution in [0.4, 0.5) is 5.69 Å². The molecule has 0 spiro atoms. The summed E-state index contributed by atoms with van der Waals surface area (Å²) in [5.41, 5.74) is 1.49. The predicted molar refractivity (Wildman–Crippen MR) is 101 cm³/mol. The summed E-state index contributed by atoms with van der Waals surface area (Å²) in [6.07, 6.45) is 2.01. The second-order valence-corrected chi connectivity index (χ2v) is 6.25. The van der Waals surface area contributed by atoms with Gasteiger partial charge in [-0.3, -0.25) is 14.6 Å². The zero-order valence-corrected chi connectivity index (χ0v) is 15.4. The number of carbonyl (C=O) groups is 2. The van der Waals surface area contributed by atoms with Crippen LogP contribution in [0.25, 0.3) is 0 Å². The van der Waals surface area contributed by atoms with Crippen LogP contribution in [0, 0.1) is 0 Å². The molecule has 2 aromatic rings. The van der Waals surface area contributed by atoms with Crippen molar-refractivity contribution in [3.8, 4) is 5.75 Å². The van der Waals surface area contributed by atoms with E-state index in [-0.39, 0.29) is 24.3 Å². The van der Waals surface area contributed by atoms with E-state index in [9.17, 15) is 9.59 Å². The van der Waals surface area contributed by atoms with Gasteiger partial charge in [0.1, 0.15) is 5.75 Å². The molecule has 2 rings (SSSR count). The molecule has 6 heteroatoms. The number of rotatable bonds is 8. The van der Waals surface area contributed by atoms with Crippen molar-refractivity contribution < 1.29 is 14.3 Å². The van der Waals surface area contributed by atoms with Crippen LogP contribution in [-0.2, 0) is 16.1 Å². The molecular formula is C20H25N3O3. The highest BCUT2D eigenvalue weighted by Crippen LogP contribution is 2.17. The fourth-order valence-electron chi connectivity index (χ4n) is 2.38. The molecule has 1 aromatic heterocycles. The molecule has 1 aromatic carbocycles. The number of aromatic nitrogens is 1. The maximum Gasteiger partial charge on any atom is 0.226 e. The third-order valence-electron chi connectivity index (χ3n) is 3.64. The second-order valence-electron chi connectivity index (χ2n) is 6.25. The van der Waals surface area contributed by atoms with Crippen molar-refractivity contribution in [2.75, 3.05) is 11.9 Å². The number of hydrogen-bond donors (Lipinski definition) is 1. The molecule has 0 aliphatic carbocycles. The molecule has 0 saturated carbocycles. The summed E-state index contributed by atoms with van der Waals surface area (Å²) in [6, 6.07) is 12.8. The minimum atomic E-state index is -0.144. The first-order chi connectivity index (χ1) is 12.4. The van der Waals surface area contributed by atoms with Crippen molar-refractivity contribution in [1.29, 1.82) is 0 Å². The van der Waals surface area contributed by atoms with Crippen molar-refractivity contribution in [2.24, 2.45) is 0 Å². The van der Waals surface area contributed by atoms with Crippen LogP contribution in [0.2, 0.25) is 0 Å². The normalized spacial score (nSPS) is 10.5. The average Bonchev–Trinajstić information content (AvgIpc) is 2.60. The molecule has 0 fully saturated rings. The lowest BCUT2D eigenvalue weighted by atomic mass is 10.2. The molecule has 138 valence electrons. The Bertz CT molecular complexity index is 715. The quantitative estimate of drug-likeness (QED) is 0.789. The summed E-state index contributed by atoms with van der Waals surface area (Å²) in [6.45, 7) is 6.15. The maximum atomic E-state index is 12.2. The first kappa shape index (κ1) is 19.4. The summed E-state index contributed by atoms with van der Waals surface area (Å²) in [5, 5.41) is 2.83. The van der Waals surface area contributed by atoms with Crippen molar-refractivity contribution >= 4 is 17.5 Å². The Kier molecular flexibility index (Phi) is 7.14. The Morgan fingerprint density at radius 3 is 2.46 bits per heavy atom. The third kappa shape index (κ3) is 6.55. The molecule has 0 atom stereocenters. The minimum Gasteiger partial charge on any atom is -0.491 e. The molecule has 0 radical (unpaired) electrons. The van der Waals surface area contributed by atoms with Crippen molar-refractivity contribution in [3.05, 3.63) is 54.4 Å². The van der Waals surface area contributed by atoms with Gasteiger partial charge in [0.05, 0.1) is 18.3 Å². The highest BCUT2D eigenvalue weighted by molar-refractivity contribution is 5.91. The van der Waals surface area contributed by atoms with Gasteiger partial charge < -0.3 is 15.0 Å². The van der Waals surface area contributed by atoms with Crippen LogP contribution in [0.3, 0.4) is 0 Å². The summed E-state index contributed by atoms with van der Waals surface area (Å²) >= 11 is 0. The zero-order chi connectivity index (χ0) is 18.9. The van der Waals surface area contributed by atoms with Crippen LogP contribution in [0.15, 0.2) is 48.7 Å². The van der Waals surface area contributed by atoms with E-state index < -0.39 is 0 Å². The van der Waals surface area contributed by atoms with Crippen LogP contribution < -0.4 is 10.1 Å². The van der Waals surface area contributed by atoms with Gasteiger partial charge in [-0.2, -0.15) is 0 Å². The van der Waals surface area contributed by atoms with E-state index in [1.165, 1.54) is 6.92 Å². The predicted octanol–water partition coefficient (Wildman–Crippen LogP) is 3.25. The van der Waals surface area contributed by atoms with E-state index >= 15 is 0 Å². The van der Waals surface area contributed by atoms with Crippen LogP contribution in [0.5, 0.6) is 5.75 Å². The molecule has 0 unspecified atom stereocenters. The first-order valence-electron chi connectivity index (χ1n) is 8.66. The van der Waals surface area contributed by atoms with Gasteiger partial charge in [-0.25, -0.2) is 0 Å². The van der Waals surface area contributed by atoms with Crippen molar-refractivity contribution in [3.63, 3.8) is 0 Å². The average molecular weight is 355 g/mol. The number of hydrogen-bond acceptors (Lipinski definition) is 4. The minimum absolute atomic E-state index is 0.0846. The van der Waals surface area contributed by atoms with Gasteiger partial charge in [0.25, 0.3) is 0 Å². The van der Waals surface area contributed by atoms with Gasteiger partial charge in [-0.1, -0.05) is 6.07 Å². The Labute approximate surface area is 154 Å². The highest BCUT2D eigenvalue weighted by Gasteiger charge is 2.12. The van der Waals surface area contributed by atoms with E-state index in [1.807, 2.05) is 44.2 Å². The van der Waals surface area contributed by atoms with E-state index in [0.717, 1.165) is 11.4 Å². The van der Waals surface area contributed by atoms with Gasteiger partial charge in [0.15, 0.2) is 0 Å². The molecule has 0 bridgehead atoms. The van der Waals surface area contributed by atoms with Gasteiger partial charge in [0.2, 0.25) is 11.8 Å². The number of anilines is 1. The standard InChI is InChI=1S/C20H25N3O3/c1-15(2)26-19-9-7-17(8-10-19)22-20(25)11-13-23(16(3)24)14-18-6-4-5-12-21-18/h4-10,12,15H,11,13-14H2,1-3H3,(H,22,25). The largest absolute Gasteiger partial charge is 0.491 e. The monoisotopic (exact) mass is 355 g/mol. The lowest BCUT2D eigenvalue weighted by molar-refractivity contribution is -0.130. The number of amides is 2. The van der Waals surface area contributed by atoms with E-state index in [2.05, 4.69) is 10.3 Å². The van der Waals surface area contributed by atoms with E-state index in [1.54, 1.807) is 23.2 Å². The number of carbonyl (C=O) groups excluding carboxylic acids is 2. The molecule has 2 amide bonds. The molecular weight excluding hydrogens is 330 g/mol. The topological polar surface area (TPSA) is 71.5 Å². The van der Waals surface area contributed by atoms with Gasteiger partial charge in [-0.15, -0.1) is 0 Å². The first-order valence-corrected chi connectivity index (χ1v) is 8.66. The number of ether oxygens (including phenoxy) is 1. The van der Waals surface area contributed by atoms with Crippen molar-refractivity contribution in [2.45, 2.75) is 39.8 Å². The Morgan fingerprint density at radius 2 is 1.88 bits per heavy atom. The number of nitrogens with zero attached hydrogens (tertiary/aromatic N) is 2. The van der Waals surface area contributed by atoms with Gasteiger partial charge in [-0.05, 0) is 50.2 Å². The van der Waals surface area contributed by atoms with Gasteiger partial charge in [0, 0.05) is 31.8 Å². The Balaban J connectivity index is 1.85. The lowest BCUT2D eigenvalue weighted by Gasteiger charge is -2.20. The summed E-state index contributed by atoms with van der Waals surface area (Å²) in [7, 11) is 0. The van der Waals surface area contributed by atoms with E-state index in [4.69, 9.17) is 4.74 Å². The number of benzene rings is 1. The molecule has 1 N–H and O–H groups in total. The molecule has 1 heterocycles. The number of pyridine rings is 1. The Hall–Kier alpha value is -2.89. The molecule has 26 heavy (non-hydrogen) atoms. The number of nitrogens with one attached hydrogen (secondary N) is 1. The molecule has 0 aliphatic rings. The summed E-state index contributed by atoms with van der Waals surface area (Å²) < 4.78 is 5.57. The third-order valence-corrected chi connectivity index (χ3v) is 3.64. The molecule has 0 aliphatic heterocycles. The SMILES string of the molecule is CC(=O)N(CCC(=O)Nc1ccc(OC(C)C)cc1)Cc1ccccn1. The fourth-order valence-corrected chi connectivity index (χ4v) is 2.38. The summed E-state index contributed by atoms with van der Waals surface area (Å²) in [5.74, 6) is 0.532. The van der Waals surface area contributed by atoms with Crippen LogP contribution in [0.1, 0.15) is 32.9 Å². The van der Waals surface area contributed by atoms with Crippen LogP contribution in [-0.4, -0.2) is 34.3 Å². The molecule has 6 nitrogen and oxygen atoms in total. The van der Waals surface area contributed by atoms with Gasteiger partial charge >= 0.3 is 0 Å². The second kappa shape index (κ2) is 9.56. The summed E-state index contributed by atoms with van der Waals surface area (Å²) in [4.78, 5) is 29.8. The highest BCUT2D eigenvalue weighted by atomic mass is 16.5.